The minimum Gasteiger partial charge on any atom is -0.477 e. The zero-order valence-corrected chi connectivity index (χ0v) is 14.1. The molecular weight excluding hydrogens is 435 g/mol. The number of halogens is 2. The minimum absolute atomic E-state index is 0.0654. The van der Waals surface area contributed by atoms with Gasteiger partial charge in [-0.15, -0.1) is 0 Å². The SMILES string of the molecule is CN(C)/C=C(/Br)c1cc(C(=O)O)n(SI)c1C=O. The summed E-state index contributed by atoms with van der Waals surface area (Å²) in [5.41, 5.74) is 0.938. The van der Waals surface area contributed by atoms with Crippen molar-refractivity contribution in [3.05, 3.63) is 29.2 Å². The molecule has 0 saturated carbocycles. The van der Waals surface area contributed by atoms with Crippen LogP contribution in [-0.4, -0.2) is 40.3 Å². The fourth-order valence-corrected chi connectivity index (χ4v) is 3.75. The maximum absolute atomic E-state index is 11.1. The number of hydrogen-bond acceptors (Lipinski definition) is 4. The Morgan fingerprint density at radius 1 is 1.61 bits per heavy atom. The molecule has 0 amide bonds. The molecule has 98 valence electrons. The number of carboxylic acid groups (broad SMARTS) is 1. The molecule has 1 aromatic heterocycles. The molecule has 5 nitrogen and oxygen atoms in total. The first-order valence-corrected chi connectivity index (χ1v) is 8.80. The van der Waals surface area contributed by atoms with Crippen LogP contribution < -0.4 is 0 Å². The molecule has 0 saturated heterocycles. The average molecular weight is 445 g/mol. The van der Waals surface area contributed by atoms with Crippen molar-refractivity contribution in [1.82, 2.24) is 8.87 Å². The van der Waals surface area contributed by atoms with Crippen LogP contribution in [0.1, 0.15) is 26.5 Å². The zero-order valence-electron chi connectivity index (χ0n) is 9.55. The summed E-state index contributed by atoms with van der Waals surface area (Å²) in [5.74, 6) is -1.07. The van der Waals surface area contributed by atoms with E-state index < -0.39 is 5.97 Å². The number of carbonyl (C=O) groups excluding carboxylic acids is 1. The first-order valence-electron chi connectivity index (χ1n) is 4.69. The van der Waals surface area contributed by atoms with Gasteiger partial charge in [-0.3, -0.25) is 8.77 Å². The average Bonchev–Trinajstić information content (AvgIpc) is 2.66. The highest BCUT2D eigenvalue weighted by molar-refractivity contribution is 14.2. The number of nitrogens with zero attached hydrogens (tertiary/aromatic N) is 2. The van der Waals surface area contributed by atoms with Crippen molar-refractivity contribution >= 4 is 63.0 Å². The Labute approximate surface area is 129 Å². The Morgan fingerprint density at radius 3 is 2.61 bits per heavy atom. The Hall–Kier alpha value is -0.480. The van der Waals surface area contributed by atoms with Gasteiger partial charge in [0.2, 0.25) is 0 Å². The summed E-state index contributed by atoms with van der Waals surface area (Å²) >= 11 is 5.28. The molecule has 0 atom stereocenters. The van der Waals surface area contributed by atoms with E-state index in [-0.39, 0.29) is 5.69 Å². The van der Waals surface area contributed by atoms with Gasteiger partial charge in [0, 0.05) is 60.7 Å². The summed E-state index contributed by atoms with van der Waals surface area (Å²) in [6, 6.07) is 1.47. The van der Waals surface area contributed by atoms with Gasteiger partial charge in [0.25, 0.3) is 0 Å². The summed E-state index contributed by atoms with van der Waals surface area (Å²) in [6.07, 6.45) is 2.41. The van der Waals surface area contributed by atoms with E-state index in [4.69, 9.17) is 5.11 Å². The Kier molecular flexibility index (Phi) is 5.73. The molecule has 0 aromatic carbocycles. The van der Waals surface area contributed by atoms with E-state index in [1.165, 1.54) is 10.0 Å². The third kappa shape index (κ3) is 3.29. The summed E-state index contributed by atoms with van der Waals surface area (Å²) < 4.78 is 2.04. The molecule has 0 radical (unpaired) electrons. The van der Waals surface area contributed by atoms with Gasteiger partial charge in [0.1, 0.15) is 11.4 Å². The van der Waals surface area contributed by atoms with Gasteiger partial charge in [0.15, 0.2) is 6.29 Å². The predicted molar refractivity (Wildman–Crippen MR) is 84.4 cm³/mol. The summed E-state index contributed by atoms with van der Waals surface area (Å²) in [5, 5.41) is 9.10. The molecule has 0 unspecified atom stereocenters. The van der Waals surface area contributed by atoms with E-state index >= 15 is 0 Å². The van der Waals surface area contributed by atoms with E-state index in [9.17, 15) is 9.59 Å². The Morgan fingerprint density at radius 2 is 2.22 bits per heavy atom. The van der Waals surface area contributed by atoms with Gasteiger partial charge < -0.3 is 10.0 Å². The van der Waals surface area contributed by atoms with E-state index in [2.05, 4.69) is 15.9 Å². The van der Waals surface area contributed by atoms with E-state index in [0.29, 0.717) is 22.0 Å². The number of aldehydes is 1. The molecule has 0 spiro atoms. The van der Waals surface area contributed by atoms with Crippen LogP contribution in [0.25, 0.3) is 4.48 Å². The lowest BCUT2D eigenvalue weighted by Gasteiger charge is -2.07. The number of carboxylic acids is 1. The molecule has 1 rings (SSSR count). The van der Waals surface area contributed by atoms with Crippen LogP contribution in [0.2, 0.25) is 0 Å². The van der Waals surface area contributed by atoms with Crippen LogP contribution in [-0.2, 0) is 0 Å². The van der Waals surface area contributed by atoms with Crippen LogP contribution in [0.5, 0.6) is 0 Å². The Bertz CT molecular complexity index is 513. The van der Waals surface area contributed by atoms with Gasteiger partial charge in [0.05, 0.1) is 0 Å². The van der Waals surface area contributed by atoms with Crippen molar-refractivity contribution in [2.24, 2.45) is 0 Å². The predicted octanol–water partition coefficient (Wildman–Crippen LogP) is 3.10. The van der Waals surface area contributed by atoms with Gasteiger partial charge in [-0.05, 0) is 22.0 Å². The fourth-order valence-electron chi connectivity index (χ4n) is 1.33. The molecule has 0 aliphatic heterocycles. The summed E-state index contributed by atoms with van der Waals surface area (Å²) in [6.45, 7) is 0. The van der Waals surface area contributed by atoms with Gasteiger partial charge >= 0.3 is 5.97 Å². The lowest BCUT2D eigenvalue weighted by Crippen LogP contribution is -2.04. The van der Waals surface area contributed by atoms with Crippen molar-refractivity contribution in [3.63, 3.8) is 0 Å². The Balaban J connectivity index is 3.45. The maximum atomic E-state index is 11.1. The van der Waals surface area contributed by atoms with Crippen molar-refractivity contribution in [1.29, 1.82) is 0 Å². The number of carbonyl (C=O) groups is 2. The zero-order chi connectivity index (χ0) is 13.9. The second-order valence-corrected chi connectivity index (χ2v) is 6.09. The van der Waals surface area contributed by atoms with Gasteiger partial charge in [-0.1, -0.05) is 0 Å². The molecule has 1 aromatic rings. The van der Waals surface area contributed by atoms with E-state index in [1.807, 2.05) is 35.3 Å². The monoisotopic (exact) mass is 444 g/mol. The van der Waals surface area contributed by atoms with Crippen molar-refractivity contribution < 1.29 is 14.7 Å². The summed E-state index contributed by atoms with van der Waals surface area (Å²) in [7, 11) is 4.82. The van der Waals surface area contributed by atoms with E-state index in [1.54, 1.807) is 11.1 Å². The smallest absolute Gasteiger partial charge is 0.353 e. The molecule has 8 heteroatoms. The lowest BCUT2D eigenvalue weighted by molar-refractivity contribution is 0.0690. The van der Waals surface area contributed by atoms with Crippen LogP contribution in [0.15, 0.2) is 12.3 Å². The summed E-state index contributed by atoms with van der Waals surface area (Å²) in [4.78, 5) is 24.0. The van der Waals surface area contributed by atoms with Gasteiger partial charge in [-0.25, -0.2) is 4.79 Å². The van der Waals surface area contributed by atoms with Crippen molar-refractivity contribution in [3.8, 4) is 0 Å². The standard InChI is InChI=1S/C10H10BrIN2O3S/c1-13(2)4-7(11)6-3-8(10(16)17)14(18-12)9(6)5-15/h3-5H,1-2H3,(H,16,17)/b7-4+. The molecule has 0 fully saturated rings. The molecular formula is C10H10BrIN2O3S. The third-order valence-electron chi connectivity index (χ3n) is 2.02. The van der Waals surface area contributed by atoms with Crippen molar-refractivity contribution in [2.75, 3.05) is 14.1 Å². The number of aromatic carboxylic acids is 1. The molecule has 0 bridgehead atoms. The largest absolute Gasteiger partial charge is 0.477 e. The highest BCUT2D eigenvalue weighted by atomic mass is 127. The topological polar surface area (TPSA) is 62.5 Å². The molecule has 0 aliphatic carbocycles. The van der Waals surface area contributed by atoms with Gasteiger partial charge in [-0.2, -0.15) is 0 Å². The second kappa shape index (κ2) is 6.62. The maximum Gasteiger partial charge on any atom is 0.353 e. The van der Waals surface area contributed by atoms with Crippen LogP contribution >= 0.6 is 46.3 Å². The first kappa shape index (κ1) is 15.6. The normalized spacial score (nSPS) is 11.4. The van der Waals surface area contributed by atoms with Crippen LogP contribution in [0.3, 0.4) is 0 Å². The van der Waals surface area contributed by atoms with Crippen LogP contribution in [0, 0.1) is 0 Å². The number of rotatable bonds is 5. The van der Waals surface area contributed by atoms with Crippen molar-refractivity contribution in [2.45, 2.75) is 0 Å². The molecule has 0 aliphatic rings. The highest BCUT2D eigenvalue weighted by Crippen LogP contribution is 2.32. The molecule has 1 N–H and O–H groups in total. The number of aromatic nitrogens is 1. The fraction of sp³-hybridized carbons (Fsp3) is 0.200. The third-order valence-corrected chi connectivity index (χ3v) is 4.37. The molecule has 1 heterocycles. The van der Waals surface area contributed by atoms with Crippen LogP contribution in [0.4, 0.5) is 0 Å². The second-order valence-electron chi connectivity index (χ2n) is 3.56. The quantitative estimate of drug-likeness (QED) is 0.558. The first-order chi connectivity index (χ1) is 8.42. The lowest BCUT2D eigenvalue weighted by atomic mass is 10.2. The highest BCUT2D eigenvalue weighted by Gasteiger charge is 2.20. The number of hydrogen-bond donors (Lipinski definition) is 1. The van der Waals surface area contributed by atoms with E-state index in [0.717, 1.165) is 9.12 Å². The minimum atomic E-state index is -1.07. The molecule has 18 heavy (non-hydrogen) atoms.